The van der Waals surface area contributed by atoms with Gasteiger partial charge in [0.25, 0.3) is 11.6 Å². The van der Waals surface area contributed by atoms with E-state index in [1.165, 1.54) is 24.3 Å². The number of hydrogen-bond acceptors (Lipinski definition) is 5. The van der Waals surface area contributed by atoms with Gasteiger partial charge in [0.15, 0.2) is 0 Å². The van der Waals surface area contributed by atoms with E-state index >= 15 is 0 Å². The highest BCUT2D eigenvalue weighted by atomic mass is 16.6. The van der Waals surface area contributed by atoms with Gasteiger partial charge in [0.2, 0.25) is 0 Å². The molecule has 0 unspecified atom stereocenters. The zero-order valence-electron chi connectivity index (χ0n) is 18.9. The number of benzene rings is 4. The van der Waals surface area contributed by atoms with E-state index in [1.54, 1.807) is 25.1 Å². The summed E-state index contributed by atoms with van der Waals surface area (Å²) in [5, 5.41) is 25.4. The van der Waals surface area contributed by atoms with Crippen LogP contribution in [0.25, 0.3) is 16.8 Å². The van der Waals surface area contributed by atoms with Crippen molar-refractivity contribution in [2.24, 2.45) is 0 Å². The van der Waals surface area contributed by atoms with Crippen molar-refractivity contribution in [1.29, 1.82) is 5.26 Å². The Kier molecular flexibility index (Phi) is 6.84. The summed E-state index contributed by atoms with van der Waals surface area (Å²) in [5.41, 5.74) is 2.32. The maximum Gasteiger partial charge on any atom is 0.269 e. The number of para-hydroxylation sites is 1. The summed E-state index contributed by atoms with van der Waals surface area (Å²) < 4.78 is 6.08. The van der Waals surface area contributed by atoms with Crippen LogP contribution in [0.4, 0.5) is 11.4 Å². The van der Waals surface area contributed by atoms with Gasteiger partial charge in [-0.1, -0.05) is 60.7 Å². The number of nitriles is 1. The lowest BCUT2D eigenvalue weighted by Crippen LogP contribution is -2.14. The molecule has 4 aromatic rings. The molecular formula is C28H21N3O4. The first-order valence-corrected chi connectivity index (χ1v) is 10.8. The van der Waals surface area contributed by atoms with Crippen LogP contribution in [-0.2, 0) is 11.4 Å². The molecule has 0 bridgehead atoms. The standard InChI is InChI=1S/C28H21N3O4/c1-19-15-24(31(33)34)13-14-26(19)30-28(32)23(17-29)16-21-8-3-5-12-27(21)35-18-22-10-6-9-20-7-2-4-11-25(20)22/h2-16H,18H2,1H3,(H,30,32)/b23-16+. The van der Waals surface area contributed by atoms with Gasteiger partial charge < -0.3 is 10.1 Å². The Bertz CT molecular complexity index is 1500. The first kappa shape index (κ1) is 23.2. The Morgan fingerprint density at radius 2 is 1.80 bits per heavy atom. The van der Waals surface area contributed by atoms with Gasteiger partial charge in [-0.05, 0) is 47.0 Å². The molecule has 0 radical (unpaired) electrons. The van der Waals surface area contributed by atoms with Crippen molar-refractivity contribution >= 4 is 34.1 Å². The van der Waals surface area contributed by atoms with E-state index < -0.39 is 10.8 Å². The molecule has 172 valence electrons. The van der Waals surface area contributed by atoms with Gasteiger partial charge in [-0.25, -0.2) is 0 Å². The topological polar surface area (TPSA) is 105 Å². The number of amides is 1. The summed E-state index contributed by atoms with van der Waals surface area (Å²) in [4.78, 5) is 23.2. The minimum absolute atomic E-state index is 0.0752. The molecule has 0 heterocycles. The third-order valence-corrected chi connectivity index (χ3v) is 5.52. The van der Waals surface area contributed by atoms with Gasteiger partial charge in [-0.3, -0.25) is 14.9 Å². The molecule has 0 aliphatic carbocycles. The van der Waals surface area contributed by atoms with E-state index in [4.69, 9.17) is 4.74 Å². The van der Waals surface area contributed by atoms with E-state index in [1.807, 2.05) is 54.6 Å². The van der Waals surface area contributed by atoms with Gasteiger partial charge in [0.05, 0.1) is 4.92 Å². The lowest BCUT2D eigenvalue weighted by atomic mass is 10.1. The van der Waals surface area contributed by atoms with Crippen LogP contribution in [0.3, 0.4) is 0 Å². The SMILES string of the molecule is Cc1cc([N+](=O)[O-])ccc1NC(=O)/C(C#N)=C/c1ccccc1OCc1cccc2ccccc12. The number of nitro benzene ring substituents is 1. The average molecular weight is 463 g/mol. The van der Waals surface area contributed by atoms with E-state index in [0.29, 0.717) is 29.2 Å². The van der Waals surface area contributed by atoms with Crippen molar-refractivity contribution in [1.82, 2.24) is 0 Å². The summed E-state index contributed by atoms with van der Waals surface area (Å²) >= 11 is 0. The highest BCUT2D eigenvalue weighted by Gasteiger charge is 2.14. The Balaban J connectivity index is 1.55. The summed E-state index contributed by atoms with van der Waals surface area (Å²) in [6, 6.07) is 27.3. The molecule has 4 aromatic carbocycles. The number of nitrogens with zero attached hydrogens (tertiary/aromatic N) is 2. The predicted octanol–water partition coefficient (Wildman–Crippen LogP) is 6.18. The van der Waals surface area contributed by atoms with Gasteiger partial charge in [0, 0.05) is 23.4 Å². The highest BCUT2D eigenvalue weighted by molar-refractivity contribution is 6.10. The number of hydrogen-bond donors (Lipinski definition) is 1. The molecule has 4 rings (SSSR count). The normalized spacial score (nSPS) is 11.0. The largest absolute Gasteiger partial charge is 0.488 e. The van der Waals surface area contributed by atoms with Crippen molar-refractivity contribution < 1.29 is 14.5 Å². The molecule has 0 fully saturated rings. The molecule has 7 nitrogen and oxygen atoms in total. The first-order chi connectivity index (χ1) is 17.0. The average Bonchev–Trinajstić information content (AvgIpc) is 2.87. The second-order valence-electron chi connectivity index (χ2n) is 7.85. The predicted molar refractivity (Wildman–Crippen MR) is 135 cm³/mol. The number of anilines is 1. The van der Waals surface area contributed by atoms with Crippen LogP contribution >= 0.6 is 0 Å². The summed E-state index contributed by atoms with van der Waals surface area (Å²) in [6.07, 6.45) is 1.47. The first-order valence-electron chi connectivity index (χ1n) is 10.8. The highest BCUT2D eigenvalue weighted by Crippen LogP contribution is 2.26. The second kappa shape index (κ2) is 10.3. The number of aryl methyl sites for hydroxylation is 1. The fourth-order valence-electron chi connectivity index (χ4n) is 3.70. The van der Waals surface area contributed by atoms with Gasteiger partial charge in [-0.2, -0.15) is 5.26 Å². The van der Waals surface area contributed by atoms with Crippen LogP contribution in [-0.4, -0.2) is 10.8 Å². The number of non-ortho nitro benzene ring substituents is 1. The molecule has 0 spiro atoms. The number of carbonyl (C=O) groups is 1. The quantitative estimate of drug-likeness (QED) is 0.152. The number of nitrogens with one attached hydrogen (secondary N) is 1. The van der Waals surface area contributed by atoms with Gasteiger partial charge >= 0.3 is 0 Å². The Morgan fingerprint density at radius 3 is 2.57 bits per heavy atom. The van der Waals surface area contributed by atoms with Crippen molar-refractivity contribution in [3.8, 4) is 11.8 Å². The monoisotopic (exact) mass is 463 g/mol. The molecule has 0 aliphatic heterocycles. The third-order valence-electron chi connectivity index (χ3n) is 5.52. The van der Waals surface area contributed by atoms with E-state index in [-0.39, 0.29) is 11.3 Å². The Labute approximate surface area is 202 Å². The smallest absolute Gasteiger partial charge is 0.269 e. The maximum absolute atomic E-state index is 12.8. The minimum Gasteiger partial charge on any atom is -0.488 e. The van der Waals surface area contributed by atoms with Gasteiger partial charge in [0.1, 0.15) is 24.0 Å². The molecule has 35 heavy (non-hydrogen) atoms. The van der Waals surface area contributed by atoms with Crippen molar-refractivity contribution in [2.75, 3.05) is 5.32 Å². The summed E-state index contributed by atoms with van der Waals surface area (Å²) in [6.45, 7) is 1.97. The second-order valence-corrected chi connectivity index (χ2v) is 7.85. The van der Waals surface area contributed by atoms with Crippen LogP contribution in [0, 0.1) is 28.4 Å². The van der Waals surface area contributed by atoms with E-state index in [0.717, 1.165) is 16.3 Å². The van der Waals surface area contributed by atoms with Gasteiger partial charge in [-0.15, -0.1) is 0 Å². The summed E-state index contributed by atoms with van der Waals surface area (Å²) in [5.74, 6) is -0.0826. The number of fused-ring (bicyclic) bond motifs is 1. The maximum atomic E-state index is 12.8. The lowest BCUT2D eigenvalue weighted by molar-refractivity contribution is -0.384. The Morgan fingerprint density at radius 1 is 1.06 bits per heavy atom. The van der Waals surface area contributed by atoms with Crippen LogP contribution in [0.2, 0.25) is 0 Å². The minimum atomic E-state index is -0.617. The van der Waals surface area contributed by atoms with Crippen LogP contribution < -0.4 is 10.1 Å². The fraction of sp³-hybridized carbons (Fsp3) is 0.0714. The lowest BCUT2D eigenvalue weighted by Gasteiger charge is -2.12. The van der Waals surface area contributed by atoms with Crippen LogP contribution in [0.15, 0.2) is 90.5 Å². The molecular weight excluding hydrogens is 442 g/mol. The molecule has 0 aromatic heterocycles. The zero-order chi connectivity index (χ0) is 24.8. The molecule has 0 aliphatic rings. The molecule has 1 N–H and O–H groups in total. The van der Waals surface area contributed by atoms with E-state index in [2.05, 4.69) is 5.32 Å². The van der Waals surface area contributed by atoms with Crippen LogP contribution in [0.5, 0.6) is 5.75 Å². The third kappa shape index (κ3) is 5.34. The van der Waals surface area contributed by atoms with Crippen molar-refractivity contribution in [3.63, 3.8) is 0 Å². The Hall–Kier alpha value is -4.96. The number of nitro groups is 1. The molecule has 1 amide bonds. The fourth-order valence-corrected chi connectivity index (χ4v) is 3.70. The van der Waals surface area contributed by atoms with Crippen LogP contribution in [0.1, 0.15) is 16.7 Å². The summed E-state index contributed by atoms with van der Waals surface area (Å²) in [7, 11) is 0. The van der Waals surface area contributed by atoms with E-state index in [9.17, 15) is 20.2 Å². The van der Waals surface area contributed by atoms with Crippen molar-refractivity contribution in [3.05, 3.63) is 117 Å². The number of ether oxygens (including phenoxy) is 1. The number of rotatable bonds is 7. The number of carbonyl (C=O) groups excluding carboxylic acids is 1. The molecule has 0 atom stereocenters. The molecule has 7 heteroatoms. The van der Waals surface area contributed by atoms with Crippen molar-refractivity contribution in [2.45, 2.75) is 13.5 Å². The molecule has 0 saturated heterocycles. The zero-order valence-corrected chi connectivity index (χ0v) is 18.9. The molecule has 0 saturated carbocycles.